The Morgan fingerprint density at radius 1 is 1.18 bits per heavy atom. The number of aliphatic imine (C=N–C) groups is 1. The van der Waals surface area contributed by atoms with Gasteiger partial charge in [-0.15, -0.1) is 24.0 Å². The van der Waals surface area contributed by atoms with Crippen molar-refractivity contribution in [2.75, 3.05) is 58.4 Å². The van der Waals surface area contributed by atoms with E-state index in [1.807, 2.05) is 7.05 Å². The highest BCUT2D eigenvalue weighted by Crippen LogP contribution is 2.21. The van der Waals surface area contributed by atoms with Gasteiger partial charge in [0.25, 0.3) is 0 Å². The number of rotatable bonds is 7. The fourth-order valence-corrected chi connectivity index (χ4v) is 3.81. The molecule has 0 spiro atoms. The molecule has 6 nitrogen and oxygen atoms in total. The van der Waals surface area contributed by atoms with Crippen LogP contribution in [0.25, 0.3) is 0 Å². The molecule has 0 aliphatic carbocycles. The highest BCUT2D eigenvalue weighted by Gasteiger charge is 2.32. The van der Waals surface area contributed by atoms with Crippen molar-refractivity contribution in [2.24, 2.45) is 4.99 Å². The molecule has 2 aliphatic rings. The van der Waals surface area contributed by atoms with Crippen molar-refractivity contribution in [1.82, 2.24) is 10.2 Å². The van der Waals surface area contributed by atoms with E-state index < -0.39 is 0 Å². The Morgan fingerprint density at radius 2 is 1.96 bits per heavy atom. The van der Waals surface area contributed by atoms with Crippen LogP contribution in [0.15, 0.2) is 35.3 Å². The van der Waals surface area contributed by atoms with Crippen LogP contribution in [0.4, 0.5) is 5.69 Å². The second-order valence-corrected chi connectivity index (χ2v) is 7.34. The molecule has 7 heteroatoms. The van der Waals surface area contributed by atoms with Crippen molar-refractivity contribution in [2.45, 2.75) is 37.9 Å². The highest BCUT2D eigenvalue weighted by molar-refractivity contribution is 14.0. The first-order chi connectivity index (χ1) is 13.3. The quantitative estimate of drug-likeness (QED) is 0.269. The van der Waals surface area contributed by atoms with Crippen LogP contribution in [0, 0.1) is 0 Å². The summed E-state index contributed by atoms with van der Waals surface area (Å²) in [6.07, 6.45) is 4.94. The molecule has 1 aromatic carbocycles. The molecule has 2 atom stereocenters. The molecule has 2 aliphatic heterocycles. The normalized spacial score (nSPS) is 22.6. The van der Waals surface area contributed by atoms with Gasteiger partial charge in [-0.05, 0) is 37.8 Å². The van der Waals surface area contributed by atoms with Gasteiger partial charge in [0.1, 0.15) is 6.10 Å². The first-order valence-corrected chi connectivity index (χ1v) is 10.2. The summed E-state index contributed by atoms with van der Waals surface area (Å²) in [4.78, 5) is 9.10. The molecule has 2 unspecified atom stereocenters. The van der Waals surface area contributed by atoms with Gasteiger partial charge in [0.15, 0.2) is 5.96 Å². The van der Waals surface area contributed by atoms with Gasteiger partial charge in [0.05, 0.1) is 12.7 Å². The van der Waals surface area contributed by atoms with Gasteiger partial charge in [-0.25, -0.2) is 0 Å². The molecular formula is C21H35IN4O2. The molecule has 28 heavy (non-hydrogen) atoms. The number of anilines is 1. The third kappa shape index (κ3) is 6.77. The predicted octanol–water partition coefficient (Wildman–Crippen LogP) is 2.98. The van der Waals surface area contributed by atoms with E-state index in [0.29, 0.717) is 0 Å². The van der Waals surface area contributed by atoms with Crippen LogP contribution < -0.4 is 10.2 Å². The maximum atomic E-state index is 5.94. The van der Waals surface area contributed by atoms with Crippen LogP contribution in [-0.2, 0) is 9.47 Å². The van der Waals surface area contributed by atoms with Gasteiger partial charge in [-0.1, -0.05) is 18.2 Å². The Kier molecular flexibility index (Phi) is 10.4. The Hall–Kier alpha value is -1.06. The molecule has 0 aromatic heterocycles. The molecule has 158 valence electrons. The fourth-order valence-electron chi connectivity index (χ4n) is 3.81. The van der Waals surface area contributed by atoms with Gasteiger partial charge in [0, 0.05) is 52.6 Å². The molecule has 0 bridgehead atoms. The smallest absolute Gasteiger partial charge is 0.193 e. The average Bonchev–Trinajstić information content (AvgIpc) is 3.26. The third-order valence-corrected chi connectivity index (χ3v) is 5.38. The lowest BCUT2D eigenvalue weighted by Gasteiger charge is -2.37. The maximum Gasteiger partial charge on any atom is 0.193 e. The fraction of sp³-hybridized carbons (Fsp3) is 0.667. The topological polar surface area (TPSA) is 49.3 Å². The highest BCUT2D eigenvalue weighted by atomic mass is 127. The molecule has 0 amide bonds. The van der Waals surface area contributed by atoms with E-state index in [1.165, 1.54) is 5.69 Å². The minimum absolute atomic E-state index is 0. The number of para-hydroxylation sites is 1. The molecular weight excluding hydrogens is 467 g/mol. The Morgan fingerprint density at radius 3 is 2.68 bits per heavy atom. The number of nitrogens with one attached hydrogen (secondary N) is 1. The number of unbranched alkanes of at least 4 members (excludes halogenated alkanes) is 1. The molecule has 2 fully saturated rings. The lowest BCUT2D eigenvalue weighted by Crippen LogP contribution is -2.53. The maximum absolute atomic E-state index is 5.94. The van der Waals surface area contributed by atoms with Gasteiger partial charge >= 0.3 is 0 Å². The van der Waals surface area contributed by atoms with E-state index in [-0.39, 0.29) is 36.2 Å². The zero-order valence-corrected chi connectivity index (χ0v) is 19.5. The van der Waals surface area contributed by atoms with Crippen molar-refractivity contribution in [3.05, 3.63) is 30.3 Å². The second kappa shape index (κ2) is 12.5. The zero-order valence-electron chi connectivity index (χ0n) is 17.2. The van der Waals surface area contributed by atoms with E-state index in [0.717, 1.165) is 71.0 Å². The number of halogens is 1. The summed E-state index contributed by atoms with van der Waals surface area (Å²) < 4.78 is 11.8. The monoisotopic (exact) mass is 502 g/mol. The van der Waals surface area contributed by atoms with Crippen LogP contribution >= 0.6 is 24.0 Å². The van der Waals surface area contributed by atoms with E-state index in [9.17, 15) is 0 Å². The lowest BCUT2D eigenvalue weighted by atomic mass is 10.1. The van der Waals surface area contributed by atoms with Gasteiger partial charge in [-0.2, -0.15) is 0 Å². The summed E-state index contributed by atoms with van der Waals surface area (Å²) in [5.41, 5.74) is 1.27. The molecule has 0 radical (unpaired) electrons. The molecule has 1 aromatic rings. The first kappa shape index (κ1) is 23.2. The number of morpholine rings is 1. The summed E-state index contributed by atoms with van der Waals surface area (Å²) in [7, 11) is 4.02. The summed E-state index contributed by atoms with van der Waals surface area (Å²) in [6.45, 7) is 5.36. The van der Waals surface area contributed by atoms with Crippen LogP contribution in [-0.4, -0.2) is 76.6 Å². The van der Waals surface area contributed by atoms with E-state index >= 15 is 0 Å². The van der Waals surface area contributed by atoms with E-state index in [2.05, 4.69) is 57.5 Å². The third-order valence-electron chi connectivity index (χ3n) is 5.38. The lowest BCUT2D eigenvalue weighted by molar-refractivity contribution is -0.0816. The van der Waals surface area contributed by atoms with Crippen molar-refractivity contribution in [3.63, 3.8) is 0 Å². The first-order valence-electron chi connectivity index (χ1n) is 10.2. The minimum atomic E-state index is 0. The van der Waals surface area contributed by atoms with Crippen molar-refractivity contribution in [3.8, 4) is 0 Å². The molecule has 2 heterocycles. The largest absolute Gasteiger partial charge is 0.375 e. The second-order valence-electron chi connectivity index (χ2n) is 7.34. The van der Waals surface area contributed by atoms with Crippen molar-refractivity contribution < 1.29 is 9.47 Å². The minimum Gasteiger partial charge on any atom is -0.375 e. The van der Waals surface area contributed by atoms with E-state index in [4.69, 9.17) is 9.47 Å². The predicted molar refractivity (Wildman–Crippen MR) is 126 cm³/mol. The van der Waals surface area contributed by atoms with Crippen LogP contribution in [0.5, 0.6) is 0 Å². The molecule has 3 rings (SSSR count). The Bertz CT molecular complexity index is 581. The molecule has 0 saturated carbocycles. The van der Waals surface area contributed by atoms with Gasteiger partial charge in [0.2, 0.25) is 0 Å². The number of hydrogen-bond donors (Lipinski definition) is 1. The van der Waals surface area contributed by atoms with Crippen LogP contribution in [0.3, 0.4) is 0 Å². The summed E-state index contributed by atoms with van der Waals surface area (Å²) >= 11 is 0. The molecule has 1 N–H and O–H groups in total. The summed E-state index contributed by atoms with van der Waals surface area (Å²) in [5.74, 6) is 0.984. The molecule has 2 saturated heterocycles. The number of guanidine groups is 1. The average molecular weight is 502 g/mol. The van der Waals surface area contributed by atoms with Crippen molar-refractivity contribution >= 4 is 35.6 Å². The Labute approximate surface area is 186 Å². The zero-order chi connectivity index (χ0) is 18.9. The van der Waals surface area contributed by atoms with E-state index in [1.54, 1.807) is 0 Å². The number of nitrogens with zero attached hydrogens (tertiary/aromatic N) is 3. The number of benzene rings is 1. The summed E-state index contributed by atoms with van der Waals surface area (Å²) in [6, 6.07) is 10.5. The van der Waals surface area contributed by atoms with Gasteiger partial charge < -0.3 is 24.6 Å². The summed E-state index contributed by atoms with van der Waals surface area (Å²) in [5, 5.41) is 3.52. The van der Waals surface area contributed by atoms with Crippen molar-refractivity contribution in [1.29, 1.82) is 0 Å². The number of hydrogen-bond acceptors (Lipinski definition) is 4. The van der Waals surface area contributed by atoms with Crippen LogP contribution in [0.2, 0.25) is 0 Å². The SMILES string of the molecule is CN=C(NCCCCN(C)c1ccccc1)N1CCOC(C2CCCO2)C1.I. The Balaban J connectivity index is 0.00000280. The standard InChI is InChI=1S/C21H34N4O2.HI/c1-22-21(25-14-16-27-20(17-25)19-11-8-15-26-19)23-12-6-7-13-24(2)18-9-4-3-5-10-18;/h3-5,9-10,19-20H,6-8,11-17H2,1-2H3,(H,22,23);1H. The number of ether oxygens (including phenoxy) is 2. The van der Waals surface area contributed by atoms with Gasteiger partial charge in [-0.3, -0.25) is 4.99 Å². The van der Waals surface area contributed by atoms with Crippen LogP contribution in [0.1, 0.15) is 25.7 Å².